The van der Waals surface area contributed by atoms with E-state index in [2.05, 4.69) is 29.8 Å². The number of rotatable bonds is 2. The molecule has 0 saturated carbocycles. The molecule has 3 aromatic heterocycles. The Morgan fingerprint density at radius 2 is 1.90 bits per heavy atom. The lowest BCUT2D eigenvalue weighted by atomic mass is 10.1. The van der Waals surface area contributed by atoms with E-state index in [1.807, 2.05) is 6.07 Å². The Kier molecular flexibility index (Phi) is 2.99. The minimum absolute atomic E-state index is 0.820. The number of H-pyrrole nitrogens is 1. The van der Waals surface area contributed by atoms with E-state index >= 15 is 0 Å². The average molecular weight is 280 g/mol. The van der Waals surface area contributed by atoms with Crippen LogP contribution >= 0.6 is 0 Å². The van der Waals surface area contributed by atoms with Gasteiger partial charge in [-0.3, -0.25) is 9.97 Å². The van der Waals surface area contributed by atoms with Crippen LogP contribution in [0.5, 0.6) is 0 Å². The fourth-order valence-corrected chi connectivity index (χ4v) is 2.85. The zero-order valence-corrected chi connectivity index (χ0v) is 11.7. The number of anilines is 1. The normalized spacial score (nSPS) is 15.5. The third kappa shape index (κ3) is 2.22. The van der Waals surface area contributed by atoms with Gasteiger partial charge in [0.05, 0.1) is 17.4 Å². The number of nitrogens with one attached hydrogen (secondary N) is 1. The van der Waals surface area contributed by atoms with E-state index in [-0.39, 0.29) is 0 Å². The third-order valence-electron chi connectivity index (χ3n) is 3.89. The van der Waals surface area contributed by atoms with E-state index in [4.69, 9.17) is 0 Å². The summed E-state index contributed by atoms with van der Waals surface area (Å²) in [6, 6.07) is 2.01. The molecule has 1 aliphatic rings. The highest BCUT2D eigenvalue weighted by molar-refractivity contribution is 5.90. The molecule has 1 fully saturated rings. The van der Waals surface area contributed by atoms with Gasteiger partial charge >= 0.3 is 0 Å². The summed E-state index contributed by atoms with van der Waals surface area (Å²) in [5, 5.41) is 0. The average Bonchev–Trinajstić information content (AvgIpc) is 3.00. The summed E-state index contributed by atoms with van der Waals surface area (Å²) in [6.45, 7) is 2.12. The summed E-state index contributed by atoms with van der Waals surface area (Å²) in [5.41, 5.74) is 3.66. The van der Waals surface area contributed by atoms with Crippen LogP contribution in [-0.4, -0.2) is 38.0 Å². The first-order valence-corrected chi connectivity index (χ1v) is 7.27. The van der Waals surface area contributed by atoms with Crippen LogP contribution in [0.1, 0.15) is 19.3 Å². The maximum Gasteiger partial charge on any atom is 0.156 e. The zero-order valence-electron chi connectivity index (χ0n) is 11.7. The highest BCUT2D eigenvalue weighted by atomic mass is 15.2. The second kappa shape index (κ2) is 5.12. The van der Waals surface area contributed by atoms with Crippen molar-refractivity contribution in [2.75, 3.05) is 18.0 Å². The van der Waals surface area contributed by atoms with Gasteiger partial charge in [-0.05, 0) is 25.3 Å². The molecule has 0 atom stereocenters. The minimum atomic E-state index is 0.820. The highest BCUT2D eigenvalue weighted by Crippen LogP contribution is 2.28. The lowest BCUT2D eigenvalue weighted by molar-refractivity contribution is 0.574. The van der Waals surface area contributed by atoms with E-state index in [9.17, 15) is 0 Å². The molecule has 4 rings (SSSR count). The number of nitrogens with zero attached hydrogens (tertiary/aromatic N) is 5. The predicted octanol–water partition coefficient (Wildman–Crippen LogP) is 2.41. The van der Waals surface area contributed by atoms with Crippen molar-refractivity contribution >= 4 is 16.9 Å². The largest absolute Gasteiger partial charge is 0.355 e. The predicted molar refractivity (Wildman–Crippen MR) is 81.0 cm³/mol. The number of aromatic nitrogens is 5. The molecule has 0 aliphatic carbocycles. The van der Waals surface area contributed by atoms with E-state index in [1.54, 1.807) is 24.9 Å². The van der Waals surface area contributed by atoms with Crippen molar-refractivity contribution in [2.24, 2.45) is 0 Å². The van der Waals surface area contributed by atoms with Gasteiger partial charge in [-0.25, -0.2) is 9.97 Å². The second-order valence-corrected chi connectivity index (χ2v) is 5.28. The number of hydrogen-bond donors (Lipinski definition) is 1. The standard InChI is InChI=1S/C15H16N6/c1-2-6-21(7-3-1)15-14-12(18-10-19-15)8-11(20-14)13-9-16-4-5-17-13/h4-5,8-10,20H,1-3,6-7H2. The molecule has 0 amide bonds. The molecule has 106 valence electrons. The van der Waals surface area contributed by atoms with Crippen LogP contribution in [0.3, 0.4) is 0 Å². The van der Waals surface area contributed by atoms with Crippen LogP contribution in [0.25, 0.3) is 22.4 Å². The molecule has 6 heteroatoms. The van der Waals surface area contributed by atoms with Gasteiger partial charge in [0.2, 0.25) is 0 Å². The number of fused-ring (bicyclic) bond motifs is 1. The van der Waals surface area contributed by atoms with Crippen LogP contribution in [0.15, 0.2) is 31.0 Å². The van der Waals surface area contributed by atoms with Crippen LogP contribution in [-0.2, 0) is 0 Å². The molecule has 1 saturated heterocycles. The summed E-state index contributed by atoms with van der Waals surface area (Å²) in [7, 11) is 0. The summed E-state index contributed by atoms with van der Waals surface area (Å²) < 4.78 is 0. The van der Waals surface area contributed by atoms with Crippen molar-refractivity contribution in [1.82, 2.24) is 24.9 Å². The molecule has 0 spiro atoms. The van der Waals surface area contributed by atoms with Crippen molar-refractivity contribution < 1.29 is 0 Å². The van der Waals surface area contributed by atoms with Crippen LogP contribution < -0.4 is 4.90 Å². The Morgan fingerprint density at radius 3 is 2.71 bits per heavy atom. The van der Waals surface area contributed by atoms with Gasteiger partial charge in [0.25, 0.3) is 0 Å². The van der Waals surface area contributed by atoms with Gasteiger partial charge in [0.15, 0.2) is 5.82 Å². The van der Waals surface area contributed by atoms with E-state index in [0.29, 0.717) is 0 Å². The smallest absolute Gasteiger partial charge is 0.156 e. The molecule has 3 aromatic rings. The van der Waals surface area contributed by atoms with Crippen molar-refractivity contribution in [3.8, 4) is 11.4 Å². The van der Waals surface area contributed by atoms with E-state index < -0.39 is 0 Å². The monoisotopic (exact) mass is 280 g/mol. The molecule has 4 heterocycles. The molecule has 6 nitrogen and oxygen atoms in total. The summed E-state index contributed by atoms with van der Waals surface area (Å²) in [6.07, 6.45) is 10.5. The van der Waals surface area contributed by atoms with E-state index in [1.165, 1.54) is 19.3 Å². The first-order chi connectivity index (χ1) is 10.4. The number of aromatic amines is 1. The topological polar surface area (TPSA) is 70.6 Å². The fourth-order valence-electron chi connectivity index (χ4n) is 2.85. The molecule has 0 bridgehead atoms. The molecular formula is C15H16N6. The molecule has 21 heavy (non-hydrogen) atoms. The van der Waals surface area contributed by atoms with Crippen molar-refractivity contribution in [3.05, 3.63) is 31.0 Å². The molecular weight excluding hydrogens is 264 g/mol. The zero-order chi connectivity index (χ0) is 14.1. The Balaban J connectivity index is 1.80. The first-order valence-electron chi connectivity index (χ1n) is 7.27. The lowest BCUT2D eigenvalue weighted by Crippen LogP contribution is -2.30. The van der Waals surface area contributed by atoms with Crippen molar-refractivity contribution in [1.29, 1.82) is 0 Å². The van der Waals surface area contributed by atoms with Crippen LogP contribution in [0, 0.1) is 0 Å². The Labute approximate surface area is 122 Å². The molecule has 1 aliphatic heterocycles. The molecule has 1 N–H and O–H groups in total. The van der Waals surface area contributed by atoms with Crippen LogP contribution in [0.4, 0.5) is 5.82 Å². The lowest BCUT2D eigenvalue weighted by Gasteiger charge is -2.27. The van der Waals surface area contributed by atoms with Gasteiger partial charge < -0.3 is 9.88 Å². The van der Waals surface area contributed by atoms with Gasteiger partial charge in [0, 0.05) is 25.5 Å². The molecule has 0 radical (unpaired) electrons. The van der Waals surface area contributed by atoms with Crippen LogP contribution in [0.2, 0.25) is 0 Å². The van der Waals surface area contributed by atoms with Gasteiger partial charge in [-0.1, -0.05) is 0 Å². The Hall–Kier alpha value is -2.50. The van der Waals surface area contributed by atoms with Gasteiger partial charge in [-0.15, -0.1) is 0 Å². The van der Waals surface area contributed by atoms with Crippen molar-refractivity contribution in [2.45, 2.75) is 19.3 Å². The third-order valence-corrected chi connectivity index (χ3v) is 3.89. The van der Waals surface area contributed by atoms with E-state index in [0.717, 1.165) is 41.3 Å². The summed E-state index contributed by atoms with van der Waals surface area (Å²) in [5.74, 6) is 0.995. The van der Waals surface area contributed by atoms with Gasteiger partial charge in [0.1, 0.15) is 17.5 Å². The quantitative estimate of drug-likeness (QED) is 0.780. The molecule has 0 unspecified atom stereocenters. The number of piperidine rings is 1. The summed E-state index contributed by atoms with van der Waals surface area (Å²) in [4.78, 5) is 23.0. The summed E-state index contributed by atoms with van der Waals surface area (Å²) >= 11 is 0. The first kappa shape index (κ1) is 12.3. The molecule has 0 aromatic carbocycles. The maximum absolute atomic E-state index is 4.49. The van der Waals surface area contributed by atoms with Crippen molar-refractivity contribution in [3.63, 3.8) is 0 Å². The minimum Gasteiger partial charge on any atom is -0.355 e. The maximum atomic E-state index is 4.49. The fraction of sp³-hybridized carbons (Fsp3) is 0.333. The van der Waals surface area contributed by atoms with Gasteiger partial charge in [-0.2, -0.15) is 0 Å². The SMILES string of the molecule is c1cnc(-c2cc3ncnc(N4CCCCC4)c3[nH]2)cn1. The highest BCUT2D eigenvalue weighted by Gasteiger charge is 2.17. The second-order valence-electron chi connectivity index (χ2n) is 5.28. The Morgan fingerprint density at radius 1 is 1.00 bits per heavy atom. The Bertz CT molecular complexity index is 745. The number of hydrogen-bond acceptors (Lipinski definition) is 5.